The van der Waals surface area contributed by atoms with Gasteiger partial charge < -0.3 is 4.90 Å². The Kier molecular flexibility index (Phi) is 6.04. The summed E-state index contributed by atoms with van der Waals surface area (Å²) in [5.74, 6) is -0.222. The van der Waals surface area contributed by atoms with Crippen molar-refractivity contribution in [3.05, 3.63) is 29.3 Å². The molecule has 0 saturated carbocycles. The lowest BCUT2D eigenvalue weighted by atomic mass is 10.2. The van der Waals surface area contributed by atoms with Gasteiger partial charge in [-0.2, -0.15) is 0 Å². The van der Waals surface area contributed by atoms with E-state index in [0.29, 0.717) is 23.8 Å². The van der Waals surface area contributed by atoms with E-state index in [9.17, 15) is 13.2 Å². The van der Waals surface area contributed by atoms with E-state index in [1.165, 1.54) is 0 Å². The largest absolute Gasteiger partial charge is 0.341 e. The van der Waals surface area contributed by atoms with Gasteiger partial charge in [-0.3, -0.25) is 9.10 Å². The standard InChI is InChI=1S/C14H21ClN2O3S/c1-5-16(6-2)14(18)11(3)17(21(4,19)20)13-9-7-12(15)8-10-13/h7-11H,5-6H2,1-4H3. The molecule has 0 bridgehead atoms. The number of anilines is 1. The molecule has 21 heavy (non-hydrogen) atoms. The molecule has 1 aromatic rings. The second-order valence-electron chi connectivity index (χ2n) is 4.72. The van der Waals surface area contributed by atoms with E-state index < -0.39 is 16.1 Å². The third kappa shape index (κ3) is 4.35. The van der Waals surface area contributed by atoms with Crippen LogP contribution in [-0.4, -0.2) is 44.6 Å². The number of carbonyl (C=O) groups is 1. The van der Waals surface area contributed by atoms with Gasteiger partial charge in [0.2, 0.25) is 15.9 Å². The van der Waals surface area contributed by atoms with Gasteiger partial charge in [-0.1, -0.05) is 11.6 Å². The fourth-order valence-corrected chi connectivity index (χ4v) is 3.49. The maximum Gasteiger partial charge on any atom is 0.246 e. The first-order chi connectivity index (χ1) is 9.72. The number of carbonyl (C=O) groups excluding carboxylic acids is 1. The summed E-state index contributed by atoms with van der Waals surface area (Å²) < 4.78 is 25.3. The molecule has 0 aliphatic rings. The molecule has 0 fully saturated rings. The van der Waals surface area contributed by atoms with E-state index in [4.69, 9.17) is 11.6 Å². The number of likely N-dealkylation sites (N-methyl/N-ethyl adjacent to an activating group) is 1. The molecule has 7 heteroatoms. The third-order valence-electron chi connectivity index (χ3n) is 3.22. The van der Waals surface area contributed by atoms with E-state index in [2.05, 4.69) is 0 Å². The van der Waals surface area contributed by atoms with Crippen LogP contribution in [0.25, 0.3) is 0 Å². The molecular formula is C14H21ClN2O3S. The smallest absolute Gasteiger partial charge is 0.246 e. The van der Waals surface area contributed by atoms with Gasteiger partial charge in [-0.05, 0) is 45.0 Å². The normalized spacial score (nSPS) is 12.8. The van der Waals surface area contributed by atoms with Crippen molar-refractivity contribution in [1.29, 1.82) is 0 Å². The van der Waals surface area contributed by atoms with Crippen LogP contribution in [0, 0.1) is 0 Å². The Bertz CT molecular complexity index is 583. The van der Waals surface area contributed by atoms with Crippen LogP contribution in [0.15, 0.2) is 24.3 Å². The summed E-state index contributed by atoms with van der Waals surface area (Å²) in [4.78, 5) is 14.0. The van der Waals surface area contributed by atoms with Gasteiger partial charge in [0, 0.05) is 18.1 Å². The van der Waals surface area contributed by atoms with Crippen molar-refractivity contribution >= 4 is 33.2 Å². The van der Waals surface area contributed by atoms with E-state index in [1.807, 2.05) is 13.8 Å². The number of benzene rings is 1. The van der Waals surface area contributed by atoms with Crippen molar-refractivity contribution in [3.8, 4) is 0 Å². The highest BCUT2D eigenvalue weighted by Gasteiger charge is 2.31. The summed E-state index contributed by atoms with van der Waals surface area (Å²) in [6.45, 7) is 6.40. The molecule has 0 spiro atoms. The second-order valence-corrected chi connectivity index (χ2v) is 7.02. The van der Waals surface area contributed by atoms with Gasteiger partial charge in [0.25, 0.3) is 0 Å². The Balaban J connectivity index is 3.21. The summed E-state index contributed by atoms with van der Waals surface area (Å²) in [6.07, 6.45) is 1.09. The highest BCUT2D eigenvalue weighted by Crippen LogP contribution is 2.23. The third-order valence-corrected chi connectivity index (χ3v) is 4.72. The molecule has 0 aromatic heterocycles. The molecule has 5 nitrogen and oxygen atoms in total. The molecule has 1 amide bonds. The Hall–Kier alpha value is -1.27. The van der Waals surface area contributed by atoms with Gasteiger partial charge in [0.05, 0.1) is 11.9 Å². The van der Waals surface area contributed by atoms with Gasteiger partial charge in [-0.15, -0.1) is 0 Å². The summed E-state index contributed by atoms with van der Waals surface area (Å²) in [6, 6.07) is 5.58. The molecule has 1 rings (SSSR count). The van der Waals surface area contributed by atoms with Crippen LogP contribution in [0.2, 0.25) is 5.02 Å². The lowest BCUT2D eigenvalue weighted by Gasteiger charge is -2.31. The summed E-state index contributed by atoms with van der Waals surface area (Å²) in [5, 5.41) is 0.509. The van der Waals surface area contributed by atoms with Crippen molar-refractivity contribution in [2.75, 3.05) is 23.7 Å². The molecule has 0 saturated heterocycles. The Morgan fingerprint density at radius 3 is 2.05 bits per heavy atom. The summed E-state index contributed by atoms with van der Waals surface area (Å²) in [7, 11) is -3.58. The predicted molar refractivity (Wildman–Crippen MR) is 86.2 cm³/mol. The topological polar surface area (TPSA) is 57.7 Å². The number of hydrogen-bond donors (Lipinski definition) is 0. The van der Waals surface area contributed by atoms with E-state index in [-0.39, 0.29) is 5.91 Å². The fraction of sp³-hybridized carbons (Fsp3) is 0.500. The number of hydrogen-bond acceptors (Lipinski definition) is 3. The van der Waals surface area contributed by atoms with Crippen LogP contribution >= 0.6 is 11.6 Å². The van der Waals surface area contributed by atoms with Crippen LogP contribution in [-0.2, 0) is 14.8 Å². The predicted octanol–water partition coefficient (Wildman–Crippen LogP) is 2.36. The second kappa shape index (κ2) is 7.13. The Morgan fingerprint density at radius 1 is 1.19 bits per heavy atom. The monoisotopic (exact) mass is 332 g/mol. The van der Waals surface area contributed by atoms with Gasteiger partial charge in [-0.25, -0.2) is 8.42 Å². The fourth-order valence-electron chi connectivity index (χ4n) is 2.19. The number of amides is 1. The molecule has 1 aromatic carbocycles. The first kappa shape index (κ1) is 17.8. The zero-order chi connectivity index (χ0) is 16.2. The highest BCUT2D eigenvalue weighted by molar-refractivity contribution is 7.92. The maximum atomic E-state index is 12.4. The molecule has 0 heterocycles. The van der Waals surface area contributed by atoms with Crippen LogP contribution in [0.4, 0.5) is 5.69 Å². The Labute approximate surface area is 131 Å². The average Bonchev–Trinajstić information content (AvgIpc) is 2.41. The van der Waals surface area contributed by atoms with E-state index in [1.54, 1.807) is 36.1 Å². The first-order valence-corrected chi connectivity index (χ1v) is 8.98. The van der Waals surface area contributed by atoms with Crippen molar-refractivity contribution in [2.24, 2.45) is 0 Å². The molecule has 0 N–H and O–H groups in total. The molecule has 0 radical (unpaired) electrons. The summed E-state index contributed by atoms with van der Waals surface area (Å²) in [5.41, 5.74) is 0.426. The minimum absolute atomic E-state index is 0.222. The Morgan fingerprint density at radius 2 is 1.67 bits per heavy atom. The SMILES string of the molecule is CCN(CC)C(=O)C(C)N(c1ccc(Cl)cc1)S(C)(=O)=O. The minimum atomic E-state index is -3.58. The number of halogens is 1. The van der Waals surface area contributed by atoms with Crippen LogP contribution in [0.5, 0.6) is 0 Å². The highest BCUT2D eigenvalue weighted by atomic mass is 35.5. The van der Waals surface area contributed by atoms with Crippen molar-refractivity contribution in [2.45, 2.75) is 26.8 Å². The van der Waals surface area contributed by atoms with Crippen LogP contribution in [0.3, 0.4) is 0 Å². The van der Waals surface area contributed by atoms with Gasteiger partial charge in [0.15, 0.2) is 0 Å². The molecular weight excluding hydrogens is 312 g/mol. The average molecular weight is 333 g/mol. The quantitative estimate of drug-likeness (QED) is 0.803. The maximum absolute atomic E-state index is 12.4. The number of nitrogens with zero attached hydrogens (tertiary/aromatic N) is 2. The molecule has 1 unspecified atom stereocenters. The minimum Gasteiger partial charge on any atom is -0.341 e. The zero-order valence-corrected chi connectivity index (χ0v) is 14.3. The van der Waals surface area contributed by atoms with Crippen molar-refractivity contribution in [3.63, 3.8) is 0 Å². The van der Waals surface area contributed by atoms with E-state index >= 15 is 0 Å². The molecule has 1 atom stereocenters. The molecule has 0 aliphatic heterocycles. The van der Waals surface area contributed by atoms with Crippen LogP contribution in [0.1, 0.15) is 20.8 Å². The number of sulfonamides is 1. The zero-order valence-electron chi connectivity index (χ0n) is 12.7. The van der Waals surface area contributed by atoms with Crippen molar-refractivity contribution in [1.82, 2.24) is 4.90 Å². The lowest BCUT2D eigenvalue weighted by molar-refractivity contribution is -0.131. The van der Waals surface area contributed by atoms with E-state index in [0.717, 1.165) is 10.6 Å². The lowest BCUT2D eigenvalue weighted by Crippen LogP contribution is -2.49. The first-order valence-electron chi connectivity index (χ1n) is 6.76. The molecule has 0 aliphatic carbocycles. The summed E-state index contributed by atoms with van der Waals surface area (Å²) >= 11 is 5.82. The molecule has 118 valence electrons. The number of rotatable bonds is 6. The van der Waals surface area contributed by atoms with Crippen molar-refractivity contribution < 1.29 is 13.2 Å². The van der Waals surface area contributed by atoms with Gasteiger partial charge in [0.1, 0.15) is 6.04 Å². The van der Waals surface area contributed by atoms with Crippen LogP contribution < -0.4 is 4.31 Å². The van der Waals surface area contributed by atoms with Gasteiger partial charge >= 0.3 is 0 Å².